The monoisotopic (exact) mass is 470 g/mol. The van der Waals surface area contributed by atoms with Crippen molar-refractivity contribution in [1.29, 1.82) is 0 Å². The number of halogens is 1. The Hall–Kier alpha value is -2.68. The molecule has 2 heterocycles. The average molecular weight is 471 g/mol. The van der Waals surface area contributed by atoms with Crippen LogP contribution < -0.4 is 10.2 Å². The Morgan fingerprint density at radius 1 is 1.00 bits per heavy atom. The van der Waals surface area contributed by atoms with Crippen LogP contribution in [0.25, 0.3) is 10.9 Å². The van der Waals surface area contributed by atoms with E-state index in [4.69, 9.17) is 16.6 Å². The first-order valence-electron chi connectivity index (χ1n) is 10.6. The van der Waals surface area contributed by atoms with Gasteiger partial charge in [0.15, 0.2) is 0 Å². The summed E-state index contributed by atoms with van der Waals surface area (Å²) in [7, 11) is -3.62. The number of benzene rings is 2. The minimum Gasteiger partial charge on any atom is -0.354 e. The molecule has 3 aromatic rings. The van der Waals surface area contributed by atoms with Crippen LogP contribution in [-0.4, -0.2) is 55.8 Å². The number of pyridine rings is 1. The largest absolute Gasteiger partial charge is 0.354 e. The minimum atomic E-state index is -3.62. The summed E-state index contributed by atoms with van der Waals surface area (Å²) in [5, 5.41) is 4.27. The summed E-state index contributed by atoms with van der Waals surface area (Å²) in [6.07, 6.45) is 2.04. The second-order valence-electron chi connectivity index (χ2n) is 8.14. The lowest BCUT2D eigenvalue weighted by Crippen LogP contribution is -2.49. The summed E-state index contributed by atoms with van der Waals surface area (Å²) in [6.45, 7) is 1.61. The summed E-state index contributed by atoms with van der Waals surface area (Å²) < 4.78 is 27.4. The number of fused-ring (bicyclic) bond motifs is 1. The third-order valence-corrected chi connectivity index (χ3v) is 7.99. The van der Waals surface area contributed by atoms with E-state index in [1.807, 2.05) is 35.2 Å². The number of nitrogens with zero attached hydrogens (tertiary/aromatic N) is 3. The van der Waals surface area contributed by atoms with Gasteiger partial charge in [0.05, 0.1) is 16.0 Å². The van der Waals surface area contributed by atoms with Crippen molar-refractivity contribution >= 4 is 44.3 Å². The van der Waals surface area contributed by atoms with Gasteiger partial charge in [-0.3, -0.25) is 4.79 Å². The van der Waals surface area contributed by atoms with Crippen molar-refractivity contribution in [1.82, 2.24) is 14.6 Å². The van der Waals surface area contributed by atoms with Crippen LogP contribution in [0.2, 0.25) is 5.02 Å². The molecule has 1 N–H and O–H groups in total. The number of carbonyl (C=O) groups excluding carboxylic acids is 1. The lowest BCUT2D eigenvalue weighted by Gasteiger charge is -2.35. The van der Waals surface area contributed by atoms with Crippen molar-refractivity contribution in [3.63, 3.8) is 0 Å². The van der Waals surface area contributed by atoms with Crippen molar-refractivity contribution in [2.45, 2.75) is 23.8 Å². The van der Waals surface area contributed by atoms with Gasteiger partial charge in [0.1, 0.15) is 5.82 Å². The Kier molecular flexibility index (Phi) is 5.53. The topological polar surface area (TPSA) is 82.6 Å². The van der Waals surface area contributed by atoms with Gasteiger partial charge in [-0.25, -0.2) is 13.4 Å². The van der Waals surface area contributed by atoms with E-state index in [1.165, 1.54) is 10.4 Å². The fraction of sp³-hybridized carbons (Fsp3) is 0.304. The predicted molar refractivity (Wildman–Crippen MR) is 125 cm³/mol. The van der Waals surface area contributed by atoms with Crippen molar-refractivity contribution in [2.24, 2.45) is 0 Å². The van der Waals surface area contributed by atoms with Crippen LogP contribution in [0.5, 0.6) is 0 Å². The molecular formula is C23H23ClN4O3S. The van der Waals surface area contributed by atoms with E-state index >= 15 is 0 Å². The molecule has 0 atom stereocenters. The zero-order chi connectivity index (χ0) is 22.3. The van der Waals surface area contributed by atoms with Crippen LogP contribution >= 0.6 is 11.6 Å². The number of hydrogen-bond donors (Lipinski definition) is 1. The summed E-state index contributed by atoms with van der Waals surface area (Å²) in [6, 6.07) is 16.0. The molecule has 2 aliphatic rings. The third kappa shape index (κ3) is 4.18. The number of amides is 1. The molecule has 32 heavy (non-hydrogen) atoms. The Labute approximate surface area is 192 Å². The zero-order valence-corrected chi connectivity index (χ0v) is 18.9. The number of aromatic nitrogens is 1. The molecule has 9 heteroatoms. The normalized spacial score (nSPS) is 17.5. The summed E-state index contributed by atoms with van der Waals surface area (Å²) in [5.41, 5.74) is 1.35. The van der Waals surface area contributed by atoms with Gasteiger partial charge in [-0.1, -0.05) is 35.9 Å². The number of anilines is 1. The molecule has 1 amide bonds. The van der Waals surface area contributed by atoms with E-state index in [9.17, 15) is 13.2 Å². The summed E-state index contributed by atoms with van der Waals surface area (Å²) in [4.78, 5) is 19.8. The lowest BCUT2D eigenvalue weighted by molar-refractivity contribution is 0.0952. The zero-order valence-electron chi connectivity index (χ0n) is 17.4. The maximum absolute atomic E-state index is 13.0. The highest BCUT2D eigenvalue weighted by molar-refractivity contribution is 7.89. The van der Waals surface area contributed by atoms with Crippen molar-refractivity contribution in [2.75, 3.05) is 31.1 Å². The van der Waals surface area contributed by atoms with Crippen molar-refractivity contribution in [3.8, 4) is 0 Å². The molecule has 2 aromatic carbocycles. The van der Waals surface area contributed by atoms with Gasteiger partial charge in [-0.15, -0.1) is 0 Å². The van der Waals surface area contributed by atoms with Crippen LogP contribution in [0.1, 0.15) is 23.2 Å². The van der Waals surface area contributed by atoms with Gasteiger partial charge < -0.3 is 10.2 Å². The molecule has 1 aliphatic heterocycles. The first-order chi connectivity index (χ1) is 15.4. The van der Waals surface area contributed by atoms with Gasteiger partial charge in [-0.2, -0.15) is 4.31 Å². The number of hydrogen-bond acceptors (Lipinski definition) is 5. The van der Waals surface area contributed by atoms with Crippen LogP contribution in [0.15, 0.2) is 59.5 Å². The van der Waals surface area contributed by atoms with Gasteiger partial charge in [0, 0.05) is 42.6 Å². The molecule has 5 rings (SSSR count). The lowest BCUT2D eigenvalue weighted by atomic mass is 10.1. The first-order valence-corrected chi connectivity index (χ1v) is 12.4. The highest BCUT2D eigenvalue weighted by Crippen LogP contribution is 2.27. The van der Waals surface area contributed by atoms with E-state index in [1.54, 1.807) is 18.2 Å². The predicted octanol–water partition coefficient (Wildman–Crippen LogP) is 3.29. The number of nitrogens with one attached hydrogen (secondary N) is 1. The van der Waals surface area contributed by atoms with E-state index in [2.05, 4.69) is 5.32 Å². The van der Waals surface area contributed by atoms with Gasteiger partial charge in [0.2, 0.25) is 10.0 Å². The van der Waals surface area contributed by atoms with Crippen LogP contribution in [0.4, 0.5) is 5.82 Å². The number of rotatable bonds is 5. The number of carbonyl (C=O) groups is 1. The molecular weight excluding hydrogens is 448 g/mol. The molecule has 1 aromatic heterocycles. The fourth-order valence-electron chi connectivity index (χ4n) is 3.94. The molecule has 1 saturated carbocycles. The smallest absolute Gasteiger partial charge is 0.252 e. The van der Waals surface area contributed by atoms with Gasteiger partial charge >= 0.3 is 0 Å². The highest BCUT2D eigenvalue weighted by Gasteiger charge is 2.30. The van der Waals surface area contributed by atoms with Gasteiger partial charge in [0.25, 0.3) is 5.91 Å². The van der Waals surface area contributed by atoms with Gasteiger partial charge in [-0.05, 0) is 43.2 Å². The Morgan fingerprint density at radius 2 is 1.75 bits per heavy atom. The number of sulfonamides is 1. The standard InChI is InChI=1S/C23H23ClN4O3S/c24-16-4-3-5-18(14-16)32(30,31)28-12-10-27(11-13-28)22-15-20(23(29)25-17-8-9-17)19-6-1-2-7-21(19)26-22/h1-7,14-15,17H,8-13H2,(H,25,29). The van der Waals surface area contributed by atoms with E-state index < -0.39 is 10.0 Å². The van der Waals surface area contributed by atoms with Crippen LogP contribution in [-0.2, 0) is 10.0 Å². The second-order valence-corrected chi connectivity index (χ2v) is 10.5. The Bertz CT molecular complexity index is 1290. The Morgan fingerprint density at radius 3 is 2.47 bits per heavy atom. The summed E-state index contributed by atoms with van der Waals surface area (Å²) >= 11 is 5.98. The summed E-state index contributed by atoms with van der Waals surface area (Å²) in [5.74, 6) is 0.596. The number of piperazine rings is 1. The maximum atomic E-state index is 13.0. The highest BCUT2D eigenvalue weighted by atomic mass is 35.5. The van der Waals surface area contributed by atoms with Crippen LogP contribution in [0.3, 0.4) is 0 Å². The van der Waals surface area contributed by atoms with Crippen molar-refractivity contribution < 1.29 is 13.2 Å². The maximum Gasteiger partial charge on any atom is 0.252 e. The molecule has 0 unspecified atom stereocenters. The molecule has 166 valence electrons. The Balaban J connectivity index is 1.38. The van der Waals surface area contributed by atoms with E-state index in [0.717, 1.165) is 23.7 Å². The number of para-hydroxylation sites is 1. The molecule has 0 spiro atoms. The molecule has 0 bridgehead atoms. The average Bonchev–Trinajstić information content (AvgIpc) is 3.62. The minimum absolute atomic E-state index is 0.0884. The fourth-order valence-corrected chi connectivity index (χ4v) is 5.66. The van der Waals surface area contributed by atoms with E-state index in [0.29, 0.717) is 42.6 Å². The molecule has 1 aliphatic carbocycles. The molecule has 2 fully saturated rings. The third-order valence-electron chi connectivity index (χ3n) is 5.86. The van der Waals surface area contributed by atoms with E-state index in [-0.39, 0.29) is 16.8 Å². The molecule has 0 radical (unpaired) electrons. The second kappa shape index (κ2) is 8.35. The first kappa shape index (κ1) is 21.2. The SMILES string of the molecule is O=C(NC1CC1)c1cc(N2CCN(S(=O)(=O)c3cccc(Cl)c3)CC2)nc2ccccc12. The molecule has 1 saturated heterocycles. The molecule has 7 nitrogen and oxygen atoms in total. The van der Waals surface area contributed by atoms with Crippen molar-refractivity contribution in [3.05, 3.63) is 65.2 Å². The van der Waals surface area contributed by atoms with Crippen LogP contribution in [0, 0.1) is 0 Å². The quantitative estimate of drug-likeness (QED) is 0.618.